The fourth-order valence-electron chi connectivity index (χ4n) is 9.00. The second-order valence-corrected chi connectivity index (χ2v) is 14.5. The standard InChI is InChI=1S/C51H30N6O/c1-8-23-41-33(16-1)34-17-2-9-24-42(34)56(41)50-52-49(53-51(54-50)57-43-25-10-3-18-35(43)36-19-4-11-26-44(36)57)31-14-13-15-32(30-31)55-40-22-7-5-20-37(40)38-28-29-46-47(48(38)55)39-21-6-12-27-45(39)58-46/h1-30H/i13D,14D,15D,30D. The minimum atomic E-state index is -0.349. The number of hydrogen-bond acceptors (Lipinski definition) is 4. The zero-order valence-corrected chi connectivity index (χ0v) is 30.6. The summed E-state index contributed by atoms with van der Waals surface area (Å²) in [7, 11) is 0. The van der Waals surface area contributed by atoms with Gasteiger partial charge in [0.2, 0.25) is 11.9 Å². The van der Waals surface area contributed by atoms with Gasteiger partial charge in [-0.05, 0) is 60.6 Å². The van der Waals surface area contributed by atoms with Gasteiger partial charge in [-0.3, -0.25) is 9.13 Å². The van der Waals surface area contributed by atoms with Gasteiger partial charge in [0.15, 0.2) is 5.82 Å². The van der Waals surface area contributed by atoms with Gasteiger partial charge in [-0.25, -0.2) is 0 Å². The number of aromatic nitrogens is 6. The molecule has 13 rings (SSSR count). The SMILES string of the molecule is [2H]c1c([2H])c(-c2nc(-n3c4ccccc4c4ccccc43)nc(-n3c4ccccc4c4ccccc43)n2)c([2H])c(-n2c3ccccc3c3ccc4oc5ccccc5c4c32)c1[2H]. The molecule has 5 aromatic heterocycles. The van der Waals surface area contributed by atoms with Crippen LogP contribution < -0.4 is 0 Å². The third kappa shape index (κ3) is 4.30. The average Bonchev–Trinajstić information content (AvgIpc) is 4.05. The van der Waals surface area contributed by atoms with Gasteiger partial charge in [0, 0.05) is 49.0 Å². The Bertz CT molecular complexity index is 3830. The summed E-state index contributed by atoms with van der Waals surface area (Å²) in [4.78, 5) is 15.6. The maximum atomic E-state index is 10.2. The minimum absolute atomic E-state index is 0.0163. The number of nitrogens with zero attached hydrogens (tertiary/aromatic N) is 6. The van der Waals surface area contributed by atoms with Crippen LogP contribution in [-0.4, -0.2) is 28.7 Å². The first-order valence-electron chi connectivity index (χ1n) is 21.1. The summed E-state index contributed by atoms with van der Waals surface area (Å²) in [6, 6.07) is 51.0. The van der Waals surface area contributed by atoms with Crippen molar-refractivity contribution < 1.29 is 9.90 Å². The molecule has 0 amide bonds. The number of fused-ring (bicyclic) bond motifs is 13. The summed E-state index contributed by atoms with van der Waals surface area (Å²) in [5.74, 6) is 0.613. The van der Waals surface area contributed by atoms with Crippen LogP contribution in [0.5, 0.6) is 0 Å². The molecule has 7 nitrogen and oxygen atoms in total. The van der Waals surface area contributed by atoms with E-state index < -0.39 is 0 Å². The molecule has 270 valence electrons. The first kappa shape index (κ1) is 27.5. The molecule has 0 aliphatic carbocycles. The van der Waals surface area contributed by atoms with Gasteiger partial charge in [-0.2, -0.15) is 15.0 Å². The Balaban J connectivity index is 1.18. The summed E-state index contributed by atoms with van der Waals surface area (Å²) in [6.45, 7) is 0. The van der Waals surface area contributed by atoms with Crippen LogP contribution in [0.1, 0.15) is 5.48 Å². The van der Waals surface area contributed by atoms with Gasteiger partial charge in [0.25, 0.3) is 0 Å². The Labute approximate surface area is 335 Å². The van der Waals surface area contributed by atoms with Crippen molar-refractivity contribution in [3.63, 3.8) is 0 Å². The van der Waals surface area contributed by atoms with Gasteiger partial charge >= 0.3 is 0 Å². The number of rotatable bonds is 4. The van der Waals surface area contributed by atoms with Crippen molar-refractivity contribution in [3.8, 4) is 29.0 Å². The average molecular weight is 747 g/mol. The van der Waals surface area contributed by atoms with Crippen LogP contribution in [0.4, 0.5) is 0 Å². The summed E-state index contributed by atoms with van der Waals surface area (Å²) in [6.07, 6.45) is 0. The van der Waals surface area contributed by atoms with Gasteiger partial charge in [-0.15, -0.1) is 0 Å². The summed E-state index contributed by atoms with van der Waals surface area (Å²) in [5, 5.41) is 7.62. The molecule has 0 unspecified atom stereocenters. The Kier molecular flexibility index (Phi) is 5.57. The second-order valence-electron chi connectivity index (χ2n) is 14.5. The Hall–Kier alpha value is -8.03. The first-order chi connectivity index (χ1) is 30.5. The van der Waals surface area contributed by atoms with Crippen LogP contribution in [0.3, 0.4) is 0 Å². The van der Waals surface area contributed by atoms with E-state index >= 15 is 0 Å². The minimum Gasteiger partial charge on any atom is -0.456 e. The zero-order valence-electron chi connectivity index (χ0n) is 34.6. The fraction of sp³-hybridized carbons (Fsp3) is 0. The monoisotopic (exact) mass is 746 g/mol. The highest BCUT2D eigenvalue weighted by Gasteiger charge is 2.22. The van der Waals surface area contributed by atoms with E-state index in [1.165, 1.54) is 0 Å². The van der Waals surface area contributed by atoms with Gasteiger partial charge in [0.05, 0.1) is 44.0 Å². The van der Waals surface area contributed by atoms with E-state index in [0.717, 1.165) is 76.2 Å². The molecule has 13 aromatic rings. The number of benzene rings is 8. The van der Waals surface area contributed by atoms with Crippen molar-refractivity contribution in [1.82, 2.24) is 28.7 Å². The number of furan rings is 1. The Morgan fingerprint density at radius 3 is 1.43 bits per heavy atom. The molecule has 7 heteroatoms. The van der Waals surface area contributed by atoms with E-state index in [-0.39, 0.29) is 53.1 Å². The Morgan fingerprint density at radius 1 is 0.414 bits per heavy atom. The third-order valence-electron chi connectivity index (χ3n) is 11.4. The maximum Gasteiger partial charge on any atom is 0.240 e. The molecule has 0 radical (unpaired) electrons. The highest BCUT2D eigenvalue weighted by molar-refractivity contribution is 6.24. The molecule has 0 N–H and O–H groups in total. The molecule has 0 saturated carbocycles. The predicted molar refractivity (Wildman–Crippen MR) is 236 cm³/mol. The van der Waals surface area contributed by atoms with Crippen molar-refractivity contribution in [2.24, 2.45) is 0 Å². The van der Waals surface area contributed by atoms with E-state index in [4.69, 9.17) is 19.4 Å². The van der Waals surface area contributed by atoms with Crippen LogP contribution in [-0.2, 0) is 0 Å². The van der Waals surface area contributed by atoms with Gasteiger partial charge < -0.3 is 8.98 Å². The Morgan fingerprint density at radius 2 is 0.879 bits per heavy atom. The maximum absolute atomic E-state index is 10.2. The molecule has 0 bridgehead atoms. The van der Waals surface area contributed by atoms with Crippen LogP contribution >= 0.6 is 0 Å². The van der Waals surface area contributed by atoms with E-state index in [1.807, 2.05) is 147 Å². The van der Waals surface area contributed by atoms with Crippen molar-refractivity contribution in [3.05, 3.63) is 182 Å². The quantitative estimate of drug-likeness (QED) is 0.180. The van der Waals surface area contributed by atoms with E-state index in [1.54, 1.807) is 0 Å². The lowest BCUT2D eigenvalue weighted by Crippen LogP contribution is -2.10. The molecule has 0 fully saturated rings. The normalized spacial score (nSPS) is 13.1. The predicted octanol–water partition coefficient (Wildman–Crippen LogP) is 12.7. The lowest BCUT2D eigenvalue weighted by atomic mass is 10.1. The molecule has 58 heavy (non-hydrogen) atoms. The van der Waals surface area contributed by atoms with E-state index in [2.05, 4.69) is 24.3 Å². The molecule has 0 aliphatic heterocycles. The molecule has 0 atom stereocenters. The largest absolute Gasteiger partial charge is 0.456 e. The van der Waals surface area contributed by atoms with Gasteiger partial charge in [0.1, 0.15) is 11.2 Å². The van der Waals surface area contributed by atoms with Gasteiger partial charge in [-0.1, -0.05) is 121 Å². The number of para-hydroxylation sites is 6. The van der Waals surface area contributed by atoms with Crippen molar-refractivity contribution >= 4 is 87.4 Å². The van der Waals surface area contributed by atoms with Crippen LogP contribution in [0.25, 0.3) is 116 Å². The molecule has 0 spiro atoms. The van der Waals surface area contributed by atoms with E-state index in [0.29, 0.717) is 11.2 Å². The summed E-state index contributed by atoms with van der Waals surface area (Å²) in [5.41, 5.74) is 6.53. The summed E-state index contributed by atoms with van der Waals surface area (Å²) >= 11 is 0. The lowest BCUT2D eigenvalue weighted by Gasteiger charge is -2.14. The first-order valence-corrected chi connectivity index (χ1v) is 19.1. The zero-order chi connectivity index (χ0) is 41.4. The highest BCUT2D eigenvalue weighted by Crippen LogP contribution is 2.41. The lowest BCUT2D eigenvalue weighted by molar-refractivity contribution is 0.669. The molecule has 0 aliphatic rings. The molecular weight excluding hydrogens is 713 g/mol. The van der Waals surface area contributed by atoms with E-state index in [9.17, 15) is 5.48 Å². The van der Waals surface area contributed by atoms with Crippen molar-refractivity contribution in [1.29, 1.82) is 0 Å². The molecular formula is C51H30N6O. The smallest absolute Gasteiger partial charge is 0.240 e. The highest BCUT2D eigenvalue weighted by atomic mass is 16.3. The third-order valence-corrected chi connectivity index (χ3v) is 11.4. The van der Waals surface area contributed by atoms with Crippen molar-refractivity contribution in [2.45, 2.75) is 0 Å². The molecule has 0 saturated heterocycles. The fourth-order valence-corrected chi connectivity index (χ4v) is 9.00. The molecule has 5 heterocycles. The topological polar surface area (TPSA) is 66.6 Å². The second kappa shape index (κ2) is 11.7. The molecule has 8 aromatic carbocycles. The van der Waals surface area contributed by atoms with Crippen LogP contribution in [0.15, 0.2) is 186 Å². The number of hydrogen-bond donors (Lipinski definition) is 0. The summed E-state index contributed by atoms with van der Waals surface area (Å²) < 4.78 is 50.9. The van der Waals surface area contributed by atoms with Crippen molar-refractivity contribution in [2.75, 3.05) is 0 Å². The van der Waals surface area contributed by atoms with Crippen LogP contribution in [0.2, 0.25) is 0 Å². The van der Waals surface area contributed by atoms with Crippen LogP contribution in [0, 0.1) is 0 Å².